The number of nitrogen functional groups attached to an aromatic ring is 1. The zero-order valence-electron chi connectivity index (χ0n) is 17.6. The van der Waals surface area contributed by atoms with Crippen LogP contribution in [0, 0.1) is 0 Å². The van der Waals surface area contributed by atoms with Gasteiger partial charge in [-0.2, -0.15) is 0 Å². The monoisotopic (exact) mass is 410 g/mol. The fraction of sp³-hybridized carbons (Fsp3) is 0.500. The van der Waals surface area contributed by atoms with Crippen LogP contribution >= 0.6 is 0 Å². The summed E-state index contributed by atoms with van der Waals surface area (Å²) in [6.07, 6.45) is 4.00. The Morgan fingerprint density at radius 2 is 2.07 bits per heavy atom. The molecule has 0 bridgehead atoms. The minimum Gasteiger partial charge on any atom is -0.384 e. The number of anilines is 1. The molecule has 0 spiro atoms. The Morgan fingerprint density at radius 1 is 1.20 bits per heavy atom. The smallest absolute Gasteiger partial charge is 0.222 e. The average Bonchev–Trinajstić information content (AvgIpc) is 3.31. The largest absolute Gasteiger partial charge is 0.384 e. The second-order valence-corrected chi connectivity index (χ2v) is 7.84. The number of likely N-dealkylation sites (tertiary alicyclic amines) is 1. The van der Waals surface area contributed by atoms with E-state index < -0.39 is 0 Å². The molecule has 1 amide bonds. The number of methoxy groups -OCH3 is 1. The summed E-state index contributed by atoms with van der Waals surface area (Å²) in [5, 5.41) is 1.04. The first-order chi connectivity index (χ1) is 14.6. The average molecular weight is 411 g/mol. The van der Waals surface area contributed by atoms with Crippen molar-refractivity contribution in [3.63, 3.8) is 0 Å². The summed E-state index contributed by atoms with van der Waals surface area (Å²) >= 11 is 0. The number of nitrogens with two attached hydrogens (primary N) is 2. The number of rotatable bonds is 9. The molecule has 30 heavy (non-hydrogen) atoms. The van der Waals surface area contributed by atoms with E-state index in [1.54, 1.807) is 7.11 Å². The molecule has 8 nitrogen and oxygen atoms in total. The number of imidazole rings is 1. The van der Waals surface area contributed by atoms with Gasteiger partial charge < -0.3 is 25.7 Å². The summed E-state index contributed by atoms with van der Waals surface area (Å²) in [5.41, 5.74) is 15.8. The quantitative estimate of drug-likeness (QED) is 0.557. The summed E-state index contributed by atoms with van der Waals surface area (Å²) in [7, 11) is 1.69. The van der Waals surface area contributed by atoms with Crippen molar-refractivity contribution < 1.29 is 9.53 Å². The first-order valence-corrected chi connectivity index (χ1v) is 10.7. The van der Waals surface area contributed by atoms with E-state index >= 15 is 0 Å². The summed E-state index contributed by atoms with van der Waals surface area (Å²) in [6.45, 7) is 3.57. The fourth-order valence-electron chi connectivity index (χ4n) is 4.31. The van der Waals surface area contributed by atoms with E-state index in [0.717, 1.165) is 66.7 Å². The van der Waals surface area contributed by atoms with Gasteiger partial charge in [0, 0.05) is 45.0 Å². The molecule has 1 saturated heterocycles. The van der Waals surface area contributed by atoms with Gasteiger partial charge in [0.2, 0.25) is 5.91 Å². The zero-order valence-corrected chi connectivity index (χ0v) is 17.6. The van der Waals surface area contributed by atoms with Crippen molar-refractivity contribution in [2.45, 2.75) is 38.6 Å². The van der Waals surface area contributed by atoms with E-state index in [-0.39, 0.29) is 5.91 Å². The lowest BCUT2D eigenvalue weighted by Crippen LogP contribution is -2.26. The highest BCUT2D eigenvalue weighted by molar-refractivity contribution is 6.06. The lowest BCUT2D eigenvalue weighted by Gasteiger charge is -2.17. The molecule has 3 aromatic rings. The third-order valence-electron chi connectivity index (χ3n) is 5.79. The lowest BCUT2D eigenvalue weighted by atomic mass is 10.1. The maximum atomic E-state index is 12.0. The van der Waals surface area contributed by atoms with Crippen LogP contribution in [0.15, 0.2) is 18.2 Å². The Hall–Kier alpha value is -2.71. The van der Waals surface area contributed by atoms with Gasteiger partial charge in [0.25, 0.3) is 0 Å². The summed E-state index contributed by atoms with van der Waals surface area (Å²) < 4.78 is 7.54. The molecule has 8 heteroatoms. The Morgan fingerprint density at radius 3 is 2.80 bits per heavy atom. The van der Waals surface area contributed by atoms with E-state index in [4.69, 9.17) is 21.2 Å². The zero-order chi connectivity index (χ0) is 21.1. The highest BCUT2D eigenvalue weighted by Crippen LogP contribution is 2.30. The van der Waals surface area contributed by atoms with Gasteiger partial charge in [0.05, 0.1) is 17.6 Å². The first-order valence-electron chi connectivity index (χ1n) is 10.7. The van der Waals surface area contributed by atoms with Gasteiger partial charge in [-0.15, -0.1) is 0 Å². The van der Waals surface area contributed by atoms with Crippen LogP contribution in [0.1, 0.15) is 30.7 Å². The van der Waals surface area contributed by atoms with Crippen molar-refractivity contribution in [2.24, 2.45) is 5.73 Å². The Labute approximate surface area is 176 Å². The van der Waals surface area contributed by atoms with Crippen LogP contribution in [0.25, 0.3) is 21.9 Å². The van der Waals surface area contributed by atoms with Gasteiger partial charge in [-0.3, -0.25) is 4.79 Å². The third-order valence-corrected chi connectivity index (χ3v) is 5.79. The van der Waals surface area contributed by atoms with Crippen molar-refractivity contribution >= 4 is 33.7 Å². The number of fused-ring (bicyclic) bond motifs is 3. The number of benzene rings is 1. The second-order valence-electron chi connectivity index (χ2n) is 7.84. The van der Waals surface area contributed by atoms with E-state index in [0.29, 0.717) is 31.8 Å². The number of carbonyl (C=O) groups is 1. The number of carbonyl (C=O) groups excluding carboxylic acids is 1. The fourth-order valence-corrected chi connectivity index (χ4v) is 4.31. The third kappa shape index (κ3) is 3.97. The van der Waals surface area contributed by atoms with Gasteiger partial charge >= 0.3 is 0 Å². The number of nitrogens with zero attached hydrogens (tertiary/aromatic N) is 4. The molecular weight excluding hydrogens is 380 g/mol. The highest BCUT2D eigenvalue weighted by Gasteiger charge is 2.21. The van der Waals surface area contributed by atoms with Crippen LogP contribution in [0.5, 0.6) is 0 Å². The van der Waals surface area contributed by atoms with Crippen molar-refractivity contribution in [1.29, 1.82) is 0 Å². The molecule has 0 radical (unpaired) electrons. The summed E-state index contributed by atoms with van der Waals surface area (Å²) in [4.78, 5) is 23.3. The van der Waals surface area contributed by atoms with E-state index in [9.17, 15) is 4.79 Å². The van der Waals surface area contributed by atoms with E-state index in [1.807, 2.05) is 11.0 Å². The number of ether oxygens (including phenoxy) is 1. The Balaban J connectivity index is 1.76. The first kappa shape index (κ1) is 20.6. The number of pyridine rings is 1. The summed E-state index contributed by atoms with van der Waals surface area (Å²) in [6, 6.07) is 6.21. The minimum atomic E-state index is 0.260. The van der Waals surface area contributed by atoms with Crippen LogP contribution in [0.4, 0.5) is 5.82 Å². The predicted octanol–water partition coefficient (Wildman–Crippen LogP) is 1.87. The Bertz CT molecular complexity index is 1060. The SMILES string of the molecule is COCCc1nc2c(N)nc3ccc(CCN)cc3c2n1CCCN1CCCC1=O. The number of aromatic nitrogens is 3. The maximum absolute atomic E-state index is 12.0. The van der Waals surface area contributed by atoms with Gasteiger partial charge in [-0.25, -0.2) is 9.97 Å². The molecule has 1 fully saturated rings. The van der Waals surface area contributed by atoms with Crippen molar-refractivity contribution in [3.05, 3.63) is 29.6 Å². The van der Waals surface area contributed by atoms with Gasteiger partial charge in [-0.1, -0.05) is 6.07 Å². The van der Waals surface area contributed by atoms with Gasteiger partial charge in [-0.05, 0) is 43.5 Å². The molecule has 1 aliphatic heterocycles. The molecule has 1 aliphatic rings. The van der Waals surface area contributed by atoms with E-state index in [2.05, 4.69) is 21.7 Å². The number of hydrogen-bond acceptors (Lipinski definition) is 6. The minimum absolute atomic E-state index is 0.260. The molecular formula is C22H30N6O2. The van der Waals surface area contributed by atoms with Crippen LogP contribution in [0.3, 0.4) is 0 Å². The van der Waals surface area contributed by atoms with Crippen molar-refractivity contribution in [1.82, 2.24) is 19.4 Å². The Kier molecular flexibility index (Phi) is 6.15. The molecule has 3 heterocycles. The van der Waals surface area contributed by atoms with Crippen LogP contribution < -0.4 is 11.5 Å². The molecule has 4 rings (SSSR count). The molecule has 0 atom stereocenters. The van der Waals surface area contributed by atoms with Crippen molar-refractivity contribution in [2.75, 3.05) is 39.1 Å². The van der Waals surface area contributed by atoms with Gasteiger partial charge in [0.1, 0.15) is 11.3 Å². The van der Waals surface area contributed by atoms with E-state index in [1.165, 1.54) is 5.56 Å². The highest BCUT2D eigenvalue weighted by atomic mass is 16.5. The maximum Gasteiger partial charge on any atom is 0.222 e. The molecule has 4 N–H and O–H groups in total. The number of amides is 1. The molecule has 0 aliphatic carbocycles. The molecule has 0 unspecified atom stereocenters. The molecule has 2 aromatic heterocycles. The molecule has 0 saturated carbocycles. The van der Waals surface area contributed by atoms with Crippen molar-refractivity contribution in [3.8, 4) is 0 Å². The lowest BCUT2D eigenvalue weighted by molar-refractivity contribution is -0.127. The van der Waals surface area contributed by atoms with Gasteiger partial charge in [0.15, 0.2) is 5.82 Å². The van der Waals surface area contributed by atoms with Crippen LogP contribution in [-0.2, 0) is 28.9 Å². The number of aryl methyl sites for hydroxylation is 1. The second kappa shape index (κ2) is 8.97. The molecule has 1 aromatic carbocycles. The summed E-state index contributed by atoms with van der Waals surface area (Å²) in [5.74, 6) is 1.64. The topological polar surface area (TPSA) is 112 Å². The standard InChI is InChI=1S/C22H30N6O2/c1-30-13-8-18-26-20-21(28(18)12-3-11-27-10-2-4-19(27)29)16-14-15(7-9-23)5-6-17(16)25-22(20)24/h5-6,14H,2-4,7-13,23H2,1H3,(H2,24,25). The number of hydrogen-bond donors (Lipinski definition) is 2. The predicted molar refractivity (Wildman–Crippen MR) is 118 cm³/mol. The molecule has 160 valence electrons. The normalized spacial score (nSPS) is 14.5. The van der Waals surface area contributed by atoms with Crippen LogP contribution in [0.2, 0.25) is 0 Å². The van der Waals surface area contributed by atoms with Crippen LogP contribution in [-0.4, -0.2) is 58.7 Å².